The van der Waals surface area contributed by atoms with Gasteiger partial charge in [-0.25, -0.2) is 4.79 Å². The summed E-state index contributed by atoms with van der Waals surface area (Å²) in [5.74, 6) is -3.89. The molecule has 100 valence electrons. The summed E-state index contributed by atoms with van der Waals surface area (Å²) in [6.45, 7) is 6.01. The second-order valence-corrected chi connectivity index (χ2v) is 4.72. The van der Waals surface area contributed by atoms with E-state index in [2.05, 4.69) is 24.3 Å². The van der Waals surface area contributed by atoms with Crippen molar-refractivity contribution in [2.45, 2.75) is 20.8 Å². The van der Waals surface area contributed by atoms with E-state index in [1.165, 1.54) is 0 Å². The summed E-state index contributed by atoms with van der Waals surface area (Å²) in [6, 6.07) is 0. The van der Waals surface area contributed by atoms with Crippen LogP contribution in [0.1, 0.15) is 20.8 Å². The molecule has 8 nitrogen and oxygen atoms in total. The number of rotatable bonds is 5. The Hall–Kier alpha value is -2.16. The van der Waals surface area contributed by atoms with Gasteiger partial charge in [-0.3, -0.25) is 14.4 Å². The maximum absolute atomic E-state index is 11.1. The van der Waals surface area contributed by atoms with Crippen LogP contribution < -0.4 is 0 Å². The van der Waals surface area contributed by atoms with Crippen molar-refractivity contribution in [3.8, 4) is 0 Å². The second kappa shape index (κ2) is 6.54. The van der Waals surface area contributed by atoms with Crippen LogP contribution in [0, 0.1) is 0 Å². The molecule has 0 aromatic rings. The van der Waals surface area contributed by atoms with Gasteiger partial charge in [0.1, 0.15) is 0 Å². The summed E-state index contributed by atoms with van der Waals surface area (Å²) in [5.41, 5.74) is 0. The van der Waals surface area contributed by atoms with Crippen molar-refractivity contribution in [1.82, 2.24) is 0 Å². The van der Waals surface area contributed by atoms with Gasteiger partial charge in [-0.1, -0.05) is 6.58 Å². The molecule has 0 N–H and O–H groups in total. The van der Waals surface area contributed by atoms with E-state index in [1.807, 2.05) is 0 Å². The van der Waals surface area contributed by atoms with Gasteiger partial charge in [0.15, 0.2) is 0 Å². The van der Waals surface area contributed by atoms with Crippen LogP contribution in [0.5, 0.6) is 0 Å². The summed E-state index contributed by atoms with van der Waals surface area (Å²) in [4.78, 5) is 43.8. The van der Waals surface area contributed by atoms with Crippen LogP contribution in [0.25, 0.3) is 0 Å². The molecule has 0 spiro atoms. The van der Waals surface area contributed by atoms with Gasteiger partial charge in [0.2, 0.25) is 0 Å². The van der Waals surface area contributed by atoms with Gasteiger partial charge in [-0.15, -0.1) is 0 Å². The molecule has 0 atom stereocenters. The molecule has 0 bridgehead atoms. The van der Waals surface area contributed by atoms with Crippen LogP contribution >= 0.6 is 0 Å². The molecule has 0 heterocycles. The molecule has 0 aliphatic heterocycles. The zero-order chi connectivity index (χ0) is 14.3. The van der Waals surface area contributed by atoms with E-state index >= 15 is 0 Å². The topological polar surface area (TPSA) is 105 Å². The molecule has 0 radical (unpaired) electrons. The zero-order valence-corrected chi connectivity index (χ0v) is 11.1. The van der Waals surface area contributed by atoms with Gasteiger partial charge in [-0.2, -0.15) is 0 Å². The molecule has 18 heavy (non-hydrogen) atoms. The van der Waals surface area contributed by atoms with Crippen LogP contribution in [0.4, 0.5) is 0 Å². The zero-order valence-electron chi connectivity index (χ0n) is 10.1. The lowest BCUT2D eigenvalue weighted by Gasteiger charge is -2.22. The third-order valence-corrected chi connectivity index (χ3v) is 3.26. The molecule has 0 amide bonds. The number of hydrogen-bond acceptors (Lipinski definition) is 8. The summed E-state index contributed by atoms with van der Waals surface area (Å²) < 4.78 is 18.2. The van der Waals surface area contributed by atoms with Crippen molar-refractivity contribution in [1.29, 1.82) is 0 Å². The maximum atomic E-state index is 11.1. The Morgan fingerprint density at radius 1 is 0.833 bits per heavy atom. The first kappa shape index (κ1) is 15.8. The van der Waals surface area contributed by atoms with Crippen molar-refractivity contribution >= 4 is 32.9 Å². The predicted molar refractivity (Wildman–Crippen MR) is 57.3 cm³/mol. The average molecular weight is 276 g/mol. The van der Waals surface area contributed by atoms with E-state index in [0.717, 1.165) is 26.8 Å². The van der Waals surface area contributed by atoms with Gasteiger partial charge >= 0.3 is 15.0 Å². The van der Waals surface area contributed by atoms with Gasteiger partial charge < -0.3 is 17.7 Å². The second-order valence-electron chi connectivity index (χ2n) is 2.91. The maximum Gasteiger partial charge on any atom is 0.975 e. The Balaban J connectivity index is 5.27. The fraction of sp³-hybridized carbons (Fsp3) is 0.333. The van der Waals surface area contributed by atoms with Crippen molar-refractivity contribution < 1.29 is 36.9 Å². The van der Waals surface area contributed by atoms with Gasteiger partial charge in [-0.05, 0) is 0 Å². The van der Waals surface area contributed by atoms with E-state index in [9.17, 15) is 19.2 Å². The first-order chi connectivity index (χ1) is 8.20. The molecule has 0 rings (SSSR count). The van der Waals surface area contributed by atoms with Crippen molar-refractivity contribution in [2.24, 2.45) is 0 Å². The van der Waals surface area contributed by atoms with E-state index in [-0.39, 0.29) is 0 Å². The summed E-state index contributed by atoms with van der Waals surface area (Å²) in [5, 5.41) is 0. The van der Waals surface area contributed by atoms with Gasteiger partial charge in [0.25, 0.3) is 17.9 Å². The molecule has 0 saturated carbocycles. The molecule has 0 saturated heterocycles. The van der Waals surface area contributed by atoms with E-state index in [0.29, 0.717) is 0 Å². The highest BCUT2D eigenvalue weighted by atomic mass is 28.4. The highest BCUT2D eigenvalue weighted by Gasteiger charge is 2.61. The fourth-order valence-corrected chi connectivity index (χ4v) is 2.45. The molecule has 0 aliphatic carbocycles. The number of hydrogen-bond donors (Lipinski definition) is 0. The Morgan fingerprint density at radius 2 is 1.17 bits per heavy atom. The van der Waals surface area contributed by atoms with Gasteiger partial charge in [0.05, 0.1) is 0 Å². The standard InChI is InChI=1S/C9H12O8Si/c1-5-9(13)17-18(14-6(2)10,15-7(3)11)16-8(4)12/h5H,1H2,2-4H3. The molecule has 0 unspecified atom stereocenters. The minimum atomic E-state index is -4.54. The Morgan fingerprint density at radius 3 is 1.39 bits per heavy atom. The Kier molecular flexibility index (Phi) is 5.76. The van der Waals surface area contributed by atoms with Gasteiger partial charge in [0, 0.05) is 26.8 Å². The average Bonchev–Trinajstić information content (AvgIpc) is 2.12. The van der Waals surface area contributed by atoms with Crippen LogP contribution in [0.2, 0.25) is 0 Å². The fourth-order valence-electron chi connectivity index (χ4n) is 0.818. The lowest BCUT2D eigenvalue weighted by molar-refractivity contribution is -0.159. The van der Waals surface area contributed by atoms with Crippen molar-refractivity contribution in [3.63, 3.8) is 0 Å². The van der Waals surface area contributed by atoms with E-state index in [1.54, 1.807) is 0 Å². The largest absolute Gasteiger partial charge is 0.975 e. The van der Waals surface area contributed by atoms with E-state index < -0.39 is 32.9 Å². The van der Waals surface area contributed by atoms with Crippen LogP contribution in [-0.4, -0.2) is 32.9 Å². The molecule has 0 aromatic carbocycles. The predicted octanol–water partition coefficient (Wildman–Crippen LogP) is -0.159. The molecule has 9 heteroatoms. The van der Waals surface area contributed by atoms with Crippen molar-refractivity contribution in [2.75, 3.05) is 0 Å². The Bertz CT molecular complexity index is 347. The number of carbonyl (C=O) groups excluding carboxylic acids is 4. The van der Waals surface area contributed by atoms with Crippen LogP contribution in [0.3, 0.4) is 0 Å². The van der Waals surface area contributed by atoms with Crippen molar-refractivity contribution in [3.05, 3.63) is 12.7 Å². The molecule has 0 aromatic heterocycles. The molecule has 0 aliphatic rings. The van der Waals surface area contributed by atoms with Crippen LogP contribution in [0.15, 0.2) is 12.7 Å². The third kappa shape index (κ3) is 5.79. The molecular formula is C9H12O8Si. The minimum Gasteiger partial charge on any atom is -0.423 e. The molecule has 0 fully saturated rings. The number of carbonyl (C=O) groups is 4. The summed E-state index contributed by atoms with van der Waals surface area (Å²) in [7, 11) is -4.54. The van der Waals surface area contributed by atoms with Crippen LogP contribution in [-0.2, 0) is 36.9 Å². The third-order valence-electron chi connectivity index (χ3n) is 1.20. The molecular weight excluding hydrogens is 264 g/mol. The lowest BCUT2D eigenvalue weighted by Crippen LogP contribution is -2.53. The quantitative estimate of drug-likeness (QED) is 0.504. The Labute approximate surface area is 104 Å². The normalized spacial score (nSPS) is 9.94. The van der Waals surface area contributed by atoms with E-state index in [4.69, 9.17) is 0 Å². The first-order valence-electron chi connectivity index (χ1n) is 4.65. The minimum absolute atomic E-state index is 0.734. The smallest absolute Gasteiger partial charge is 0.423 e. The highest BCUT2D eigenvalue weighted by Crippen LogP contribution is 2.14. The highest BCUT2D eigenvalue weighted by molar-refractivity contribution is 6.61. The summed E-state index contributed by atoms with van der Waals surface area (Å²) >= 11 is 0. The monoisotopic (exact) mass is 276 g/mol. The first-order valence-corrected chi connectivity index (χ1v) is 6.28. The SMILES string of the molecule is C=CC(=O)O[Si](OC(C)=O)(OC(C)=O)OC(C)=O. The summed E-state index contributed by atoms with van der Waals surface area (Å²) in [6.07, 6.45) is 0.734. The lowest BCUT2D eigenvalue weighted by atomic mass is 10.7.